The molecule has 3 aromatic carbocycles. The minimum Gasteiger partial charge on any atom is -0.486 e. The number of ether oxygens (including phenoxy) is 3. The molecule has 3 heterocycles. The molecule has 0 fully saturated rings. The maximum absolute atomic E-state index is 11.9. The Morgan fingerprint density at radius 3 is 2.80 bits per heavy atom. The van der Waals surface area contributed by atoms with Crippen molar-refractivity contribution in [1.82, 2.24) is 9.97 Å². The third kappa shape index (κ3) is 5.29. The second-order valence-electron chi connectivity index (χ2n) is 9.15. The third-order valence-corrected chi connectivity index (χ3v) is 7.35. The lowest BCUT2D eigenvalue weighted by Gasteiger charge is -2.18. The number of aryl methyl sites for hydroxylation is 1. The summed E-state index contributed by atoms with van der Waals surface area (Å²) in [5, 5.41) is 13.5. The van der Waals surface area contributed by atoms with E-state index in [4.69, 9.17) is 24.3 Å². The number of thiazole rings is 1. The quantitative estimate of drug-likeness (QED) is 0.251. The van der Waals surface area contributed by atoms with E-state index in [1.165, 1.54) is 11.3 Å². The van der Waals surface area contributed by atoms with Crippen LogP contribution in [-0.2, 0) is 16.2 Å². The Morgan fingerprint density at radius 1 is 1.07 bits per heavy atom. The predicted molar refractivity (Wildman–Crippen MR) is 151 cm³/mol. The fraction of sp³-hybridized carbons (Fsp3) is 0.133. The van der Waals surface area contributed by atoms with Gasteiger partial charge in [-0.05, 0) is 61.0 Å². The van der Waals surface area contributed by atoms with Gasteiger partial charge in [-0.1, -0.05) is 18.2 Å². The highest BCUT2D eigenvalue weighted by atomic mass is 32.1. The maximum Gasteiger partial charge on any atom is 0.341 e. The number of carboxylic acid groups (broad SMARTS) is 1. The summed E-state index contributed by atoms with van der Waals surface area (Å²) < 4.78 is 16.9. The van der Waals surface area contributed by atoms with E-state index in [1.54, 1.807) is 18.2 Å². The van der Waals surface area contributed by atoms with Crippen LogP contribution in [0.25, 0.3) is 32.6 Å². The first-order valence-corrected chi connectivity index (χ1v) is 13.2. The van der Waals surface area contributed by atoms with Gasteiger partial charge in [-0.15, -0.1) is 11.3 Å². The molecule has 0 spiro atoms. The van der Waals surface area contributed by atoms with Crippen molar-refractivity contribution < 1.29 is 28.9 Å². The lowest BCUT2D eigenvalue weighted by Crippen LogP contribution is -2.25. The minimum absolute atomic E-state index is 0.00924. The highest BCUT2D eigenvalue weighted by Crippen LogP contribution is 2.40. The van der Waals surface area contributed by atoms with Crippen molar-refractivity contribution in [1.29, 1.82) is 0 Å². The van der Waals surface area contributed by atoms with Gasteiger partial charge in [-0.3, -0.25) is 9.78 Å². The Kier molecular flexibility index (Phi) is 6.75. The Labute approximate surface area is 233 Å². The molecule has 0 aliphatic carbocycles. The number of para-hydroxylation sites is 1. The van der Waals surface area contributed by atoms with Crippen LogP contribution < -0.4 is 19.5 Å². The van der Waals surface area contributed by atoms with Gasteiger partial charge in [0.05, 0.1) is 21.8 Å². The number of carbonyl (C=O) groups is 2. The number of nitrogens with one attached hydrogen (secondary N) is 1. The molecule has 2 aromatic heterocycles. The molecule has 10 heteroatoms. The van der Waals surface area contributed by atoms with Gasteiger partial charge in [-0.25, -0.2) is 9.78 Å². The molecule has 0 bridgehead atoms. The number of hydrogen-bond donors (Lipinski definition) is 2. The smallest absolute Gasteiger partial charge is 0.341 e. The van der Waals surface area contributed by atoms with Crippen molar-refractivity contribution >= 4 is 39.8 Å². The third-order valence-electron chi connectivity index (χ3n) is 6.27. The first-order valence-electron chi connectivity index (χ1n) is 12.4. The predicted octanol–water partition coefficient (Wildman–Crippen LogP) is 5.71. The summed E-state index contributed by atoms with van der Waals surface area (Å²) in [6, 6.07) is 20.9. The van der Waals surface area contributed by atoms with Gasteiger partial charge in [0.1, 0.15) is 28.9 Å². The monoisotopic (exact) mass is 553 g/mol. The molecule has 1 aliphatic rings. The number of amides is 1. The van der Waals surface area contributed by atoms with Crippen molar-refractivity contribution in [3.05, 3.63) is 83.5 Å². The summed E-state index contributed by atoms with van der Waals surface area (Å²) in [5.41, 5.74) is 4.76. The fourth-order valence-corrected chi connectivity index (χ4v) is 5.38. The van der Waals surface area contributed by atoms with E-state index in [-0.39, 0.29) is 19.1 Å². The van der Waals surface area contributed by atoms with E-state index in [9.17, 15) is 9.59 Å². The summed E-state index contributed by atoms with van der Waals surface area (Å²) in [5.74, 6) is 0.471. The standard InChI is InChI=1S/C30H23N3O6S/c1-17-10-21(7-9-24(17)39-16-28(35)36)37-15-27-33-29(19-6-8-25-23(12-19)32-26(34)14-38-25)30(40-27)20-11-18-4-2-3-5-22(18)31-13-20/h2-13H,14-16H2,1H3,(H,32,34)(H,35,36). The molecular formula is C30H23N3O6S. The van der Waals surface area contributed by atoms with Gasteiger partial charge >= 0.3 is 5.97 Å². The van der Waals surface area contributed by atoms with Crippen molar-refractivity contribution in [3.63, 3.8) is 0 Å². The molecule has 0 unspecified atom stereocenters. The molecule has 200 valence electrons. The fourth-order valence-electron chi connectivity index (χ4n) is 4.40. The van der Waals surface area contributed by atoms with Crippen molar-refractivity contribution in [2.24, 2.45) is 0 Å². The number of carboxylic acids is 1. The number of carbonyl (C=O) groups excluding carboxylic acids is 1. The molecule has 0 saturated carbocycles. The molecule has 2 N–H and O–H groups in total. The number of benzene rings is 3. The lowest BCUT2D eigenvalue weighted by molar-refractivity contribution is -0.139. The Morgan fingerprint density at radius 2 is 1.95 bits per heavy atom. The van der Waals surface area contributed by atoms with Crippen LogP contribution in [0.15, 0.2) is 72.9 Å². The Bertz CT molecular complexity index is 1770. The summed E-state index contributed by atoms with van der Waals surface area (Å²) in [6.45, 7) is 1.63. The number of rotatable bonds is 8. The largest absolute Gasteiger partial charge is 0.486 e. The first-order chi connectivity index (χ1) is 19.4. The van der Waals surface area contributed by atoms with Crippen molar-refractivity contribution in [2.45, 2.75) is 13.5 Å². The molecule has 0 saturated heterocycles. The van der Waals surface area contributed by atoms with Gasteiger partial charge in [0.15, 0.2) is 13.2 Å². The average Bonchev–Trinajstić information content (AvgIpc) is 3.39. The number of nitrogens with zero attached hydrogens (tertiary/aromatic N) is 2. The molecule has 6 rings (SSSR count). The minimum atomic E-state index is -1.04. The van der Waals surface area contributed by atoms with Gasteiger partial charge in [0, 0.05) is 22.7 Å². The van der Waals surface area contributed by atoms with Gasteiger partial charge in [-0.2, -0.15) is 0 Å². The maximum atomic E-state index is 11.9. The lowest BCUT2D eigenvalue weighted by atomic mass is 10.1. The summed E-state index contributed by atoms with van der Waals surface area (Å²) >= 11 is 1.51. The van der Waals surface area contributed by atoms with Crippen LogP contribution in [0.1, 0.15) is 10.6 Å². The second kappa shape index (κ2) is 10.7. The van der Waals surface area contributed by atoms with Crippen LogP contribution in [0.4, 0.5) is 5.69 Å². The van der Waals surface area contributed by atoms with Crippen LogP contribution in [-0.4, -0.2) is 40.2 Å². The van der Waals surface area contributed by atoms with E-state index in [1.807, 2.05) is 55.6 Å². The van der Waals surface area contributed by atoms with Crippen LogP contribution in [0.5, 0.6) is 17.2 Å². The van der Waals surface area contributed by atoms with E-state index >= 15 is 0 Å². The zero-order valence-electron chi connectivity index (χ0n) is 21.3. The first kappa shape index (κ1) is 25.3. The summed E-state index contributed by atoms with van der Waals surface area (Å²) in [4.78, 5) is 33.2. The molecule has 40 heavy (non-hydrogen) atoms. The van der Waals surface area contributed by atoms with Gasteiger partial charge in [0.2, 0.25) is 0 Å². The topological polar surface area (TPSA) is 120 Å². The van der Waals surface area contributed by atoms with Gasteiger partial charge < -0.3 is 24.6 Å². The number of anilines is 1. The second-order valence-corrected chi connectivity index (χ2v) is 10.2. The number of aliphatic carboxylic acids is 1. The molecule has 1 aliphatic heterocycles. The molecule has 0 radical (unpaired) electrons. The highest BCUT2D eigenvalue weighted by Gasteiger charge is 2.21. The number of aromatic nitrogens is 2. The van der Waals surface area contributed by atoms with E-state index in [0.717, 1.165) is 43.2 Å². The molecule has 5 aromatic rings. The summed E-state index contributed by atoms with van der Waals surface area (Å²) in [7, 11) is 0. The molecular weight excluding hydrogens is 530 g/mol. The van der Waals surface area contributed by atoms with E-state index in [0.29, 0.717) is 22.9 Å². The van der Waals surface area contributed by atoms with Crippen molar-refractivity contribution in [3.8, 4) is 38.9 Å². The molecule has 9 nitrogen and oxygen atoms in total. The van der Waals surface area contributed by atoms with Crippen LogP contribution in [0, 0.1) is 6.92 Å². The molecule has 0 atom stereocenters. The normalized spacial score (nSPS) is 12.4. The van der Waals surface area contributed by atoms with Crippen molar-refractivity contribution in [2.75, 3.05) is 18.5 Å². The van der Waals surface area contributed by atoms with Crippen LogP contribution in [0.3, 0.4) is 0 Å². The zero-order valence-corrected chi connectivity index (χ0v) is 22.2. The Hall–Kier alpha value is -4.96. The number of pyridine rings is 1. The Balaban J connectivity index is 1.33. The number of hydrogen-bond acceptors (Lipinski definition) is 8. The van der Waals surface area contributed by atoms with Gasteiger partial charge in [0.25, 0.3) is 5.91 Å². The molecule has 1 amide bonds. The van der Waals surface area contributed by atoms with Crippen LogP contribution >= 0.6 is 11.3 Å². The number of fused-ring (bicyclic) bond motifs is 2. The zero-order chi connectivity index (χ0) is 27.6. The van der Waals surface area contributed by atoms with E-state index in [2.05, 4.69) is 16.4 Å². The van der Waals surface area contributed by atoms with E-state index < -0.39 is 12.6 Å². The average molecular weight is 554 g/mol. The SMILES string of the molecule is Cc1cc(OCc2nc(-c3ccc4c(c3)NC(=O)CO4)c(-c3cnc4ccccc4c3)s2)ccc1OCC(=O)O. The highest BCUT2D eigenvalue weighted by molar-refractivity contribution is 7.15. The summed E-state index contributed by atoms with van der Waals surface area (Å²) in [6.07, 6.45) is 1.84. The van der Waals surface area contributed by atoms with Crippen LogP contribution in [0.2, 0.25) is 0 Å².